The lowest BCUT2D eigenvalue weighted by atomic mass is 9.98. The number of hydrogen-bond donors (Lipinski definition) is 1. The summed E-state index contributed by atoms with van der Waals surface area (Å²) in [6.45, 7) is 0. The fourth-order valence-electron chi connectivity index (χ4n) is 2.38. The fraction of sp³-hybridized carbons (Fsp3) is 0.111. The minimum atomic E-state index is -0.546. The predicted molar refractivity (Wildman–Crippen MR) is 84.2 cm³/mol. The summed E-state index contributed by atoms with van der Waals surface area (Å²) in [6, 6.07) is 18.8. The Kier molecular flexibility index (Phi) is 3.75. The van der Waals surface area contributed by atoms with Crippen molar-refractivity contribution >= 4 is 16.7 Å². The molecule has 2 N–H and O–H groups in total. The van der Waals surface area contributed by atoms with E-state index in [4.69, 9.17) is 5.73 Å². The van der Waals surface area contributed by atoms with Crippen molar-refractivity contribution in [2.24, 2.45) is 5.73 Å². The third-order valence-corrected chi connectivity index (χ3v) is 3.51. The maximum atomic E-state index is 12.4. The van der Waals surface area contributed by atoms with Gasteiger partial charge in [0.1, 0.15) is 0 Å². The van der Waals surface area contributed by atoms with Crippen LogP contribution in [-0.2, 0) is 6.42 Å². The summed E-state index contributed by atoms with van der Waals surface area (Å²) < 4.78 is 0. The first kappa shape index (κ1) is 13.5. The van der Waals surface area contributed by atoms with E-state index in [1.165, 1.54) is 0 Å². The van der Waals surface area contributed by atoms with Crippen LogP contribution in [0.4, 0.5) is 0 Å². The topological polar surface area (TPSA) is 56.0 Å². The van der Waals surface area contributed by atoms with E-state index in [1.807, 2.05) is 60.7 Å². The number of nitrogens with zero attached hydrogens (tertiary/aromatic N) is 1. The maximum Gasteiger partial charge on any atom is 0.181 e. The molecule has 1 heterocycles. The van der Waals surface area contributed by atoms with E-state index in [2.05, 4.69) is 4.98 Å². The molecule has 0 saturated heterocycles. The van der Waals surface area contributed by atoms with E-state index >= 15 is 0 Å². The van der Waals surface area contributed by atoms with Gasteiger partial charge in [0, 0.05) is 17.1 Å². The third kappa shape index (κ3) is 2.98. The van der Waals surface area contributed by atoms with Crippen molar-refractivity contribution in [1.29, 1.82) is 0 Å². The number of nitrogens with two attached hydrogens (primary N) is 1. The average Bonchev–Trinajstić information content (AvgIpc) is 2.54. The van der Waals surface area contributed by atoms with Gasteiger partial charge >= 0.3 is 0 Å². The summed E-state index contributed by atoms with van der Waals surface area (Å²) in [5.41, 5.74) is 8.56. The number of fused-ring (bicyclic) bond motifs is 1. The van der Waals surface area contributed by atoms with Crippen molar-refractivity contribution in [2.45, 2.75) is 12.5 Å². The first-order valence-corrected chi connectivity index (χ1v) is 6.92. The molecule has 0 fully saturated rings. The van der Waals surface area contributed by atoms with E-state index in [0.29, 0.717) is 12.0 Å². The monoisotopic (exact) mass is 276 g/mol. The first-order chi connectivity index (χ1) is 10.2. The van der Waals surface area contributed by atoms with Crippen molar-refractivity contribution in [1.82, 2.24) is 4.98 Å². The molecular weight excluding hydrogens is 260 g/mol. The van der Waals surface area contributed by atoms with E-state index in [0.717, 1.165) is 16.5 Å². The molecule has 0 spiro atoms. The molecule has 3 rings (SSSR count). The van der Waals surface area contributed by atoms with Gasteiger partial charge < -0.3 is 5.73 Å². The molecule has 2 aromatic carbocycles. The lowest BCUT2D eigenvalue weighted by molar-refractivity contribution is 0.0960. The number of aromatic nitrogens is 1. The second kappa shape index (κ2) is 5.85. The van der Waals surface area contributed by atoms with Gasteiger partial charge in [0.2, 0.25) is 0 Å². The predicted octanol–water partition coefficient (Wildman–Crippen LogP) is 2.99. The van der Waals surface area contributed by atoms with Crippen LogP contribution >= 0.6 is 0 Å². The Bertz CT molecular complexity index is 768. The smallest absolute Gasteiger partial charge is 0.181 e. The standard InChI is InChI=1S/C18H16N2O/c19-16(10-13-6-2-1-3-7-13)18(21)15-11-14-8-4-5-9-17(14)20-12-15/h1-9,11-12,16H,10,19H2. The van der Waals surface area contributed by atoms with Gasteiger partial charge in [-0.05, 0) is 24.1 Å². The summed E-state index contributed by atoms with van der Waals surface area (Å²) in [4.78, 5) is 16.7. The van der Waals surface area contributed by atoms with Gasteiger partial charge in [-0.15, -0.1) is 0 Å². The highest BCUT2D eigenvalue weighted by atomic mass is 16.1. The molecule has 0 aliphatic heterocycles. The summed E-state index contributed by atoms with van der Waals surface area (Å²) in [6.07, 6.45) is 2.14. The number of Topliss-reactive ketones (excluding diaryl/α,β-unsaturated/α-hetero) is 1. The zero-order chi connectivity index (χ0) is 14.7. The largest absolute Gasteiger partial charge is 0.321 e. The van der Waals surface area contributed by atoms with Crippen LogP contribution < -0.4 is 5.73 Å². The zero-order valence-electron chi connectivity index (χ0n) is 11.6. The highest BCUT2D eigenvalue weighted by Crippen LogP contribution is 2.14. The molecule has 0 saturated carbocycles. The highest BCUT2D eigenvalue weighted by Gasteiger charge is 2.16. The van der Waals surface area contributed by atoms with Crippen molar-refractivity contribution in [2.75, 3.05) is 0 Å². The van der Waals surface area contributed by atoms with Gasteiger partial charge in [-0.3, -0.25) is 9.78 Å². The Labute approximate surface area is 123 Å². The molecule has 0 amide bonds. The van der Waals surface area contributed by atoms with Crippen LogP contribution in [0, 0.1) is 0 Å². The van der Waals surface area contributed by atoms with Gasteiger partial charge in [0.15, 0.2) is 5.78 Å². The van der Waals surface area contributed by atoms with Crippen molar-refractivity contribution in [3.05, 3.63) is 78.0 Å². The van der Waals surface area contributed by atoms with Crippen LogP contribution in [0.25, 0.3) is 10.9 Å². The molecule has 0 aliphatic rings. The number of rotatable bonds is 4. The van der Waals surface area contributed by atoms with Crippen LogP contribution in [0.2, 0.25) is 0 Å². The average molecular weight is 276 g/mol. The molecule has 0 aliphatic carbocycles. The minimum Gasteiger partial charge on any atom is -0.321 e. The molecular formula is C18H16N2O. The number of para-hydroxylation sites is 1. The van der Waals surface area contributed by atoms with Gasteiger partial charge in [-0.2, -0.15) is 0 Å². The molecule has 104 valence electrons. The second-order valence-corrected chi connectivity index (χ2v) is 5.08. The van der Waals surface area contributed by atoms with Crippen molar-refractivity contribution in [3.63, 3.8) is 0 Å². The summed E-state index contributed by atoms with van der Waals surface area (Å²) in [5, 5.41) is 0.954. The third-order valence-electron chi connectivity index (χ3n) is 3.51. The Morgan fingerprint density at radius 3 is 2.57 bits per heavy atom. The number of benzene rings is 2. The maximum absolute atomic E-state index is 12.4. The molecule has 3 nitrogen and oxygen atoms in total. The highest BCUT2D eigenvalue weighted by molar-refractivity contribution is 6.02. The van der Waals surface area contributed by atoms with E-state index in [9.17, 15) is 4.79 Å². The molecule has 0 bridgehead atoms. The van der Waals surface area contributed by atoms with E-state index in [1.54, 1.807) is 6.20 Å². The number of pyridine rings is 1. The second-order valence-electron chi connectivity index (χ2n) is 5.08. The molecule has 3 heteroatoms. The van der Waals surface area contributed by atoms with Crippen molar-refractivity contribution < 1.29 is 4.79 Å². The van der Waals surface area contributed by atoms with E-state index in [-0.39, 0.29) is 5.78 Å². The van der Waals surface area contributed by atoms with Gasteiger partial charge in [-0.1, -0.05) is 48.5 Å². The first-order valence-electron chi connectivity index (χ1n) is 6.92. The minimum absolute atomic E-state index is 0.0721. The number of hydrogen-bond acceptors (Lipinski definition) is 3. The van der Waals surface area contributed by atoms with E-state index < -0.39 is 6.04 Å². The molecule has 21 heavy (non-hydrogen) atoms. The number of carbonyl (C=O) groups excluding carboxylic acids is 1. The van der Waals surface area contributed by atoms with Crippen LogP contribution in [0.1, 0.15) is 15.9 Å². The fourth-order valence-corrected chi connectivity index (χ4v) is 2.38. The summed E-state index contributed by atoms with van der Waals surface area (Å²) in [5.74, 6) is -0.0721. The normalized spacial score (nSPS) is 12.2. The lowest BCUT2D eigenvalue weighted by Gasteiger charge is -2.11. The molecule has 1 unspecified atom stereocenters. The van der Waals surface area contributed by atoms with Gasteiger partial charge in [-0.25, -0.2) is 0 Å². The molecule has 3 aromatic rings. The molecule has 1 aromatic heterocycles. The number of ketones is 1. The van der Waals surface area contributed by atoms with Crippen molar-refractivity contribution in [3.8, 4) is 0 Å². The Hall–Kier alpha value is -2.52. The number of carbonyl (C=O) groups is 1. The molecule has 0 radical (unpaired) electrons. The molecule has 1 atom stereocenters. The summed E-state index contributed by atoms with van der Waals surface area (Å²) in [7, 11) is 0. The Morgan fingerprint density at radius 1 is 1.05 bits per heavy atom. The zero-order valence-corrected chi connectivity index (χ0v) is 11.6. The Morgan fingerprint density at radius 2 is 1.76 bits per heavy atom. The Balaban J connectivity index is 1.82. The van der Waals surface area contributed by atoms with Crippen LogP contribution in [0.3, 0.4) is 0 Å². The van der Waals surface area contributed by atoms with Crippen LogP contribution in [0.5, 0.6) is 0 Å². The lowest BCUT2D eigenvalue weighted by Crippen LogP contribution is -2.32. The van der Waals surface area contributed by atoms with Crippen LogP contribution in [0.15, 0.2) is 66.9 Å². The van der Waals surface area contributed by atoms with Gasteiger partial charge in [0.25, 0.3) is 0 Å². The quantitative estimate of drug-likeness (QED) is 0.745. The van der Waals surface area contributed by atoms with Crippen LogP contribution in [-0.4, -0.2) is 16.8 Å². The van der Waals surface area contributed by atoms with Gasteiger partial charge in [0.05, 0.1) is 11.6 Å². The summed E-state index contributed by atoms with van der Waals surface area (Å²) >= 11 is 0. The SMILES string of the molecule is NC(Cc1ccccc1)C(=O)c1cnc2ccccc2c1.